The number of hydrogen-bond acceptors (Lipinski definition) is 3. The highest BCUT2D eigenvalue weighted by Gasteiger charge is 2.29. The zero-order chi connectivity index (χ0) is 13.9. The SMILES string of the molecule is COC(=O)C(C)(C)CNC1CCc2ccccc2C1. The quantitative estimate of drug-likeness (QED) is 0.845. The summed E-state index contributed by atoms with van der Waals surface area (Å²) in [5.41, 5.74) is 2.43. The molecule has 104 valence electrons. The second kappa shape index (κ2) is 5.74. The smallest absolute Gasteiger partial charge is 0.312 e. The van der Waals surface area contributed by atoms with Crippen molar-refractivity contribution in [3.8, 4) is 0 Å². The van der Waals surface area contributed by atoms with Gasteiger partial charge in [0.25, 0.3) is 0 Å². The second-order valence-electron chi connectivity index (χ2n) is 5.96. The first kappa shape index (κ1) is 14.1. The summed E-state index contributed by atoms with van der Waals surface area (Å²) in [5, 5.41) is 3.52. The molecule has 19 heavy (non-hydrogen) atoms. The van der Waals surface area contributed by atoms with Gasteiger partial charge in [0.2, 0.25) is 0 Å². The number of carbonyl (C=O) groups is 1. The highest BCUT2D eigenvalue weighted by molar-refractivity contribution is 5.76. The van der Waals surface area contributed by atoms with Crippen LogP contribution in [0.15, 0.2) is 24.3 Å². The minimum atomic E-state index is -0.467. The third-order valence-corrected chi connectivity index (χ3v) is 3.92. The molecule has 1 aliphatic carbocycles. The van der Waals surface area contributed by atoms with Crippen LogP contribution in [0.1, 0.15) is 31.4 Å². The summed E-state index contributed by atoms with van der Waals surface area (Å²) >= 11 is 0. The number of nitrogens with one attached hydrogen (secondary N) is 1. The number of ether oxygens (including phenoxy) is 1. The van der Waals surface area contributed by atoms with Gasteiger partial charge in [0.15, 0.2) is 0 Å². The normalized spacial score (nSPS) is 18.8. The van der Waals surface area contributed by atoms with Crippen LogP contribution in [-0.2, 0) is 22.4 Å². The second-order valence-corrected chi connectivity index (χ2v) is 5.96. The molecule has 0 spiro atoms. The molecule has 0 fully saturated rings. The van der Waals surface area contributed by atoms with Crippen molar-refractivity contribution in [1.29, 1.82) is 0 Å². The summed E-state index contributed by atoms with van der Waals surface area (Å²) < 4.78 is 4.83. The number of benzene rings is 1. The van der Waals surface area contributed by atoms with E-state index in [0.29, 0.717) is 12.6 Å². The van der Waals surface area contributed by atoms with Crippen LogP contribution in [0.4, 0.5) is 0 Å². The van der Waals surface area contributed by atoms with E-state index in [-0.39, 0.29) is 5.97 Å². The zero-order valence-electron chi connectivity index (χ0n) is 12.0. The molecule has 0 saturated heterocycles. The van der Waals surface area contributed by atoms with Gasteiger partial charge >= 0.3 is 5.97 Å². The molecule has 1 unspecified atom stereocenters. The van der Waals surface area contributed by atoms with Crippen molar-refractivity contribution < 1.29 is 9.53 Å². The molecule has 1 atom stereocenters. The number of hydrogen-bond donors (Lipinski definition) is 1. The van der Waals surface area contributed by atoms with Crippen LogP contribution in [0.2, 0.25) is 0 Å². The molecule has 3 heteroatoms. The molecule has 0 amide bonds. The van der Waals surface area contributed by atoms with Gasteiger partial charge in [0, 0.05) is 12.6 Å². The first-order chi connectivity index (χ1) is 9.03. The van der Waals surface area contributed by atoms with Crippen LogP contribution in [0.5, 0.6) is 0 Å². The number of esters is 1. The molecule has 3 nitrogen and oxygen atoms in total. The molecule has 1 aromatic rings. The molecule has 1 aliphatic rings. The van der Waals surface area contributed by atoms with E-state index >= 15 is 0 Å². The molecule has 0 bridgehead atoms. The van der Waals surface area contributed by atoms with Crippen LogP contribution in [0.25, 0.3) is 0 Å². The third-order valence-electron chi connectivity index (χ3n) is 3.92. The van der Waals surface area contributed by atoms with Gasteiger partial charge in [0.1, 0.15) is 0 Å². The Kier molecular flexibility index (Phi) is 4.25. The van der Waals surface area contributed by atoms with Crippen molar-refractivity contribution in [2.75, 3.05) is 13.7 Å². The molecule has 0 radical (unpaired) electrons. The highest BCUT2D eigenvalue weighted by Crippen LogP contribution is 2.22. The van der Waals surface area contributed by atoms with E-state index in [2.05, 4.69) is 29.6 Å². The lowest BCUT2D eigenvalue weighted by Crippen LogP contribution is -2.43. The maximum absolute atomic E-state index is 11.6. The largest absolute Gasteiger partial charge is 0.469 e. The molecule has 2 rings (SSSR count). The van der Waals surface area contributed by atoms with Crippen LogP contribution < -0.4 is 5.32 Å². The lowest BCUT2D eigenvalue weighted by Gasteiger charge is -2.29. The molecule has 0 aliphatic heterocycles. The fourth-order valence-corrected chi connectivity index (χ4v) is 2.62. The number of aryl methyl sites for hydroxylation is 1. The van der Waals surface area contributed by atoms with Gasteiger partial charge < -0.3 is 10.1 Å². The summed E-state index contributed by atoms with van der Waals surface area (Å²) in [5.74, 6) is -0.156. The Labute approximate surface area is 115 Å². The number of carbonyl (C=O) groups excluding carboxylic acids is 1. The molecule has 0 saturated carbocycles. The van der Waals surface area contributed by atoms with Gasteiger partial charge in [0.05, 0.1) is 12.5 Å². The summed E-state index contributed by atoms with van der Waals surface area (Å²) in [6.45, 7) is 4.50. The van der Waals surface area contributed by atoms with Crippen molar-refractivity contribution in [3.63, 3.8) is 0 Å². The Morgan fingerprint density at radius 1 is 1.37 bits per heavy atom. The van der Waals surface area contributed by atoms with Crippen molar-refractivity contribution >= 4 is 5.97 Å². The van der Waals surface area contributed by atoms with E-state index in [1.165, 1.54) is 18.2 Å². The molecule has 1 aromatic carbocycles. The van der Waals surface area contributed by atoms with Gasteiger partial charge in [-0.2, -0.15) is 0 Å². The summed E-state index contributed by atoms with van der Waals surface area (Å²) in [4.78, 5) is 11.6. The van der Waals surface area contributed by atoms with Crippen LogP contribution in [0.3, 0.4) is 0 Å². The van der Waals surface area contributed by atoms with Gasteiger partial charge in [-0.3, -0.25) is 4.79 Å². The molecule has 0 heterocycles. The predicted octanol–water partition coefficient (Wildman–Crippen LogP) is 2.33. The average molecular weight is 261 g/mol. The van der Waals surface area contributed by atoms with Gasteiger partial charge in [-0.15, -0.1) is 0 Å². The third kappa shape index (κ3) is 3.35. The predicted molar refractivity (Wildman–Crippen MR) is 76.1 cm³/mol. The van der Waals surface area contributed by atoms with E-state index in [1.54, 1.807) is 0 Å². The molecule has 1 N–H and O–H groups in total. The van der Waals surface area contributed by atoms with E-state index < -0.39 is 5.41 Å². The minimum Gasteiger partial charge on any atom is -0.469 e. The van der Waals surface area contributed by atoms with Gasteiger partial charge in [-0.25, -0.2) is 0 Å². The number of methoxy groups -OCH3 is 1. The summed E-state index contributed by atoms with van der Waals surface area (Å²) in [6.07, 6.45) is 3.30. The van der Waals surface area contributed by atoms with Crippen LogP contribution >= 0.6 is 0 Å². The Morgan fingerprint density at radius 3 is 2.74 bits per heavy atom. The van der Waals surface area contributed by atoms with E-state index in [9.17, 15) is 4.79 Å². The average Bonchev–Trinajstić information content (AvgIpc) is 2.44. The topological polar surface area (TPSA) is 38.3 Å². The Balaban J connectivity index is 1.91. The molecule has 0 aromatic heterocycles. The monoisotopic (exact) mass is 261 g/mol. The van der Waals surface area contributed by atoms with E-state index in [4.69, 9.17) is 4.74 Å². The maximum Gasteiger partial charge on any atom is 0.312 e. The standard InChI is InChI=1S/C16H23NO2/c1-16(2,15(18)19-3)11-17-14-9-8-12-6-4-5-7-13(12)10-14/h4-7,14,17H,8-11H2,1-3H3. The van der Waals surface area contributed by atoms with E-state index in [0.717, 1.165) is 19.3 Å². The lowest BCUT2D eigenvalue weighted by atomic mass is 9.87. The number of fused-ring (bicyclic) bond motifs is 1. The minimum absolute atomic E-state index is 0.156. The maximum atomic E-state index is 11.6. The van der Waals surface area contributed by atoms with E-state index in [1.807, 2.05) is 13.8 Å². The van der Waals surface area contributed by atoms with Gasteiger partial charge in [-0.05, 0) is 44.2 Å². The molecular weight excluding hydrogens is 238 g/mol. The van der Waals surface area contributed by atoms with Crippen LogP contribution in [-0.4, -0.2) is 25.7 Å². The van der Waals surface area contributed by atoms with Crippen molar-refractivity contribution in [3.05, 3.63) is 35.4 Å². The van der Waals surface area contributed by atoms with Crippen molar-refractivity contribution in [1.82, 2.24) is 5.32 Å². The summed E-state index contributed by atoms with van der Waals surface area (Å²) in [6, 6.07) is 9.07. The Morgan fingerprint density at radius 2 is 2.05 bits per heavy atom. The summed E-state index contributed by atoms with van der Waals surface area (Å²) in [7, 11) is 1.45. The van der Waals surface area contributed by atoms with Crippen LogP contribution in [0, 0.1) is 5.41 Å². The number of rotatable bonds is 4. The first-order valence-electron chi connectivity index (χ1n) is 6.91. The highest BCUT2D eigenvalue weighted by atomic mass is 16.5. The lowest BCUT2D eigenvalue weighted by molar-refractivity contribution is -0.150. The zero-order valence-corrected chi connectivity index (χ0v) is 12.0. The Hall–Kier alpha value is -1.35. The Bertz CT molecular complexity index is 454. The fourth-order valence-electron chi connectivity index (χ4n) is 2.62. The van der Waals surface area contributed by atoms with Gasteiger partial charge in [-0.1, -0.05) is 24.3 Å². The fraction of sp³-hybridized carbons (Fsp3) is 0.562. The first-order valence-corrected chi connectivity index (χ1v) is 6.91. The molecular formula is C16H23NO2. The van der Waals surface area contributed by atoms with Crippen molar-refractivity contribution in [2.45, 2.75) is 39.2 Å². The van der Waals surface area contributed by atoms with Crippen molar-refractivity contribution in [2.24, 2.45) is 5.41 Å².